The first kappa shape index (κ1) is 17.4. The van der Waals surface area contributed by atoms with E-state index in [-0.39, 0.29) is 11.9 Å². The zero-order chi connectivity index (χ0) is 18.6. The van der Waals surface area contributed by atoms with Gasteiger partial charge in [-0.2, -0.15) is 0 Å². The number of hydrogen-bond donors (Lipinski definition) is 1. The molecular formula is C20H22N6O. The van der Waals surface area contributed by atoms with Gasteiger partial charge in [0.05, 0.1) is 0 Å². The average Bonchev–Trinajstić information content (AvgIpc) is 3.23. The van der Waals surface area contributed by atoms with Gasteiger partial charge in [0.2, 0.25) is 0 Å². The molecule has 1 aliphatic rings. The summed E-state index contributed by atoms with van der Waals surface area (Å²) in [5.74, 6) is 0.518. The number of aromatic nitrogens is 4. The standard InChI is InChI=1S/C20H22N6O/c1-15(11-25-9-7-16-4-2-3-5-18(16)12-25)24-20(27)17-6-8-21-19(10-17)26-13-22-23-14-26/h2-6,8,10,13-15H,7,9,11-12H2,1H3,(H,24,27)/t15-/m0/s1. The second-order valence-corrected chi connectivity index (χ2v) is 6.90. The van der Waals surface area contributed by atoms with Crippen molar-refractivity contribution in [2.45, 2.75) is 25.9 Å². The molecule has 0 bridgehead atoms. The van der Waals surface area contributed by atoms with E-state index < -0.39 is 0 Å². The predicted molar refractivity (Wildman–Crippen MR) is 102 cm³/mol. The third-order valence-corrected chi connectivity index (χ3v) is 4.81. The molecule has 7 heteroatoms. The maximum Gasteiger partial charge on any atom is 0.251 e. The molecule has 0 saturated heterocycles. The van der Waals surface area contributed by atoms with Gasteiger partial charge in [-0.05, 0) is 36.6 Å². The van der Waals surface area contributed by atoms with Crippen LogP contribution in [0.5, 0.6) is 0 Å². The van der Waals surface area contributed by atoms with Crippen LogP contribution in [0, 0.1) is 0 Å². The van der Waals surface area contributed by atoms with E-state index in [1.165, 1.54) is 11.1 Å². The van der Waals surface area contributed by atoms with Crippen molar-refractivity contribution in [2.75, 3.05) is 13.1 Å². The van der Waals surface area contributed by atoms with Crippen LogP contribution in [0.1, 0.15) is 28.4 Å². The molecule has 0 spiro atoms. The van der Waals surface area contributed by atoms with Crippen LogP contribution >= 0.6 is 0 Å². The smallest absolute Gasteiger partial charge is 0.251 e. The molecule has 3 aromatic rings. The number of carbonyl (C=O) groups excluding carboxylic acids is 1. The van der Waals surface area contributed by atoms with Crippen LogP contribution in [-0.2, 0) is 13.0 Å². The van der Waals surface area contributed by atoms with Gasteiger partial charge in [-0.15, -0.1) is 10.2 Å². The Morgan fingerprint density at radius 2 is 1.96 bits per heavy atom. The zero-order valence-corrected chi connectivity index (χ0v) is 15.2. The Hall–Kier alpha value is -3.06. The highest BCUT2D eigenvalue weighted by Crippen LogP contribution is 2.18. The van der Waals surface area contributed by atoms with Crippen LogP contribution in [0.4, 0.5) is 0 Å². The fourth-order valence-electron chi connectivity index (χ4n) is 3.47. The highest BCUT2D eigenvalue weighted by molar-refractivity contribution is 5.94. The second kappa shape index (κ2) is 7.67. The topological polar surface area (TPSA) is 75.9 Å². The van der Waals surface area contributed by atoms with E-state index in [0.717, 1.165) is 26.1 Å². The number of nitrogens with zero attached hydrogens (tertiary/aromatic N) is 5. The minimum Gasteiger partial charge on any atom is -0.348 e. The Morgan fingerprint density at radius 1 is 1.19 bits per heavy atom. The lowest BCUT2D eigenvalue weighted by Crippen LogP contribution is -2.43. The van der Waals surface area contributed by atoms with Crippen LogP contribution in [-0.4, -0.2) is 49.7 Å². The predicted octanol–water partition coefficient (Wildman–Crippen LogP) is 1.84. The second-order valence-electron chi connectivity index (χ2n) is 6.90. The molecule has 1 aliphatic heterocycles. The SMILES string of the molecule is C[C@@H](CN1CCc2ccccc2C1)NC(=O)c1ccnc(-n2cnnc2)c1. The van der Waals surface area contributed by atoms with E-state index >= 15 is 0 Å². The van der Waals surface area contributed by atoms with Crippen molar-refractivity contribution < 1.29 is 4.79 Å². The third kappa shape index (κ3) is 4.03. The van der Waals surface area contributed by atoms with Gasteiger partial charge in [-0.3, -0.25) is 14.3 Å². The van der Waals surface area contributed by atoms with Crippen molar-refractivity contribution in [3.63, 3.8) is 0 Å². The molecule has 138 valence electrons. The lowest BCUT2D eigenvalue weighted by atomic mass is 9.99. The van der Waals surface area contributed by atoms with Crippen molar-refractivity contribution in [3.8, 4) is 5.82 Å². The summed E-state index contributed by atoms with van der Waals surface area (Å²) in [6.07, 6.45) is 5.79. The maximum absolute atomic E-state index is 12.6. The number of rotatable bonds is 5. The first-order valence-electron chi connectivity index (χ1n) is 9.10. The molecule has 2 aromatic heterocycles. The Bertz CT molecular complexity index is 924. The van der Waals surface area contributed by atoms with E-state index in [2.05, 4.69) is 49.7 Å². The number of carbonyl (C=O) groups is 1. The van der Waals surface area contributed by atoms with Gasteiger partial charge in [0.15, 0.2) is 0 Å². The molecule has 1 aromatic carbocycles. The van der Waals surface area contributed by atoms with Gasteiger partial charge in [0.1, 0.15) is 18.5 Å². The Labute approximate surface area is 158 Å². The molecule has 0 unspecified atom stereocenters. The normalized spacial score (nSPS) is 15.1. The van der Waals surface area contributed by atoms with Gasteiger partial charge in [0.25, 0.3) is 5.91 Å². The van der Waals surface area contributed by atoms with Crippen LogP contribution in [0.15, 0.2) is 55.2 Å². The largest absolute Gasteiger partial charge is 0.348 e. The summed E-state index contributed by atoms with van der Waals surface area (Å²) in [5, 5.41) is 10.6. The van der Waals surface area contributed by atoms with E-state index in [1.54, 1.807) is 35.6 Å². The van der Waals surface area contributed by atoms with Crippen LogP contribution in [0.2, 0.25) is 0 Å². The molecule has 27 heavy (non-hydrogen) atoms. The van der Waals surface area contributed by atoms with Gasteiger partial charge < -0.3 is 5.32 Å². The summed E-state index contributed by atoms with van der Waals surface area (Å²) in [6.45, 7) is 4.82. The lowest BCUT2D eigenvalue weighted by Gasteiger charge is -2.31. The number of hydrogen-bond acceptors (Lipinski definition) is 5. The Kier molecular flexibility index (Phi) is 4.93. The highest BCUT2D eigenvalue weighted by Gasteiger charge is 2.19. The highest BCUT2D eigenvalue weighted by atomic mass is 16.1. The first-order chi connectivity index (χ1) is 13.2. The minimum absolute atomic E-state index is 0.0503. The quantitative estimate of drug-likeness (QED) is 0.749. The fourth-order valence-corrected chi connectivity index (χ4v) is 3.47. The third-order valence-electron chi connectivity index (χ3n) is 4.81. The van der Waals surface area contributed by atoms with Crippen molar-refractivity contribution >= 4 is 5.91 Å². The molecule has 7 nitrogen and oxygen atoms in total. The number of fused-ring (bicyclic) bond motifs is 1. The van der Waals surface area contributed by atoms with Crippen molar-refractivity contribution in [1.82, 2.24) is 30.0 Å². The van der Waals surface area contributed by atoms with E-state index in [9.17, 15) is 4.79 Å². The number of amides is 1. The van der Waals surface area contributed by atoms with Gasteiger partial charge >= 0.3 is 0 Å². The van der Waals surface area contributed by atoms with Crippen molar-refractivity contribution in [2.24, 2.45) is 0 Å². The number of benzene rings is 1. The van der Waals surface area contributed by atoms with Crippen molar-refractivity contribution in [1.29, 1.82) is 0 Å². The number of pyridine rings is 1. The summed E-state index contributed by atoms with van der Waals surface area (Å²) >= 11 is 0. The molecule has 0 saturated carbocycles. The molecule has 0 fully saturated rings. The van der Waals surface area contributed by atoms with Crippen molar-refractivity contribution in [3.05, 3.63) is 71.9 Å². The fraction of sp³-hybridized carbons (Fsp3) is 0.300. The van der Waals surface area contributed by atoms with Crippen LogP contribution in [0.25, 0.3) is 5.82 Å². The van der Waals surface area contributed by atoms with Crippen LogP contribution < -0.4 is 5.32 Å². The minimum atomic E-state index is -0.100. The summed E-state index contributed by atoms with van der Waals surface area (Å²) in [6, 6.07) is 12.1. The van der Waals surface area contributed by atoms with Gasteiger partial charge in [0, 0.05) is 37.4 Å². The molecule has 4 rings (SSSR count). The molecule has 0 radical (unpaired) electrons. The van der Waals surface area contributed by atoms with Gasteiger partial charge in [-0.1, -0.05) is 24.3 Å². The molecular weight excluding hydrogens is 340 g/mol. The van der Waals surface area contributed by atoms with E-state index in [4.69, 9.17) is 0 Å². The summed E-state index contributed by atoms with van der Waals surface area (Å²) in [4.78, 5) is 19.3. The monoisotopic (exact) mass is 362 g/mol. The van der Waals surface area contributed by atoms with E-state index in [0.29, 0.717) is 11.4 Å². The Balaban J connectivity index is 1.37. The summed E-state index contributed by atoms with van der Waals surface area (Å²) in [7, 11) is 0. The van der Waals surface area contributed by atoms with Gasteiger partial charge in [-0.25, -0.2) is 4.98 Å². The average molecular weight is 362 g/mol. The molecule has 3 heterocycles. The summed E-state index contributed by atoms with van der Waals surface area (Å²) < 4.78 is 1.67. The molecule has 0 aliphatic carbocycles. The zero-order valence-electron chi connectivity index (χ0n) is 15.2. The lowest BCUT2D eigenvalue weighted by molar-refractivity contribution is 0.0927. The molecule has 1 atom stereocenters. The maximum atomic E-state index is 12.6. The Morgan fingerprint density at radius 3 is 2.78 bits per heavy atom. The van der Waals surface area contributed by atoms with E-state index in [1.807, 2.05) is 6.92 Å². The summed E-state index contributed by atoms with van der Waals surface area (Å²) in [5.41, 5.74) is 3.39. The van der Waals surface area contributed by atoms with Crippen LogP contribution in [0.3, 0.4) is 0 Å². The first-order valence-corrected chi connectivity index (χ1v) is 9.10. The molecule has 1 amide bonds. The number of nitrogens with one attached hydrogen (secondary N) is 1. The molecule has 1 N–H and O–H groups in total.